The standard InChI is InChI=1S/C24H23F2N3OS/c1-30-24-19(12-17(25)13-21(24)26)20-14-27-29-10-7-16(11-22(20)29)23-6-5-18(31-23)15-28-8-3-2-4-9-28/h5-7,10-14H,2-4,8-9,15H2,1H3. The fourth-order valence-corrected chi connectivity index (χ4v) is 5.31. The quantitative estimate of drug-likeness (QED) is 0.382. The van der Waals surface area contributed by atoms with Crippen LogP contribution in [-0.4, -0.2) is 34.7 Å². The number of benzene rings is 1. The van der Waals surface area contributed by atoms with Crippen molar-refractivity contribution >= 4 is 16.9 Å². The fourth-order valence-electron chi connectivity index (χ4n) is 4.27. The van der Waals surface area contributed by atoms with Crippen molar-refractivity contribution in [3.05, 3.63) is 65.3 Å². The van der Waals surface area contributed by atoms with Crippen LogP contribution in [0.3, 0.4) is 0 Å². The number of nitrogens with zero attached hydrogens (tertiary/aromatic N) is 3. The van der Waals surface area contributed by atoms with Crippen LogP contribution in [0.4, 0.5) is 8.78 Å². The highest BCUT2D eigenvalue weighted by Crippen LogP contribution is 2.37. The molecule has 4 heterocycles. The molecule has 0 N–H and O–H groups in total. The van der Waals surface area contributed by atoms with Crippen LogP contribution in [0.25, 0.3) is 27.1 Å². The molecule has 0 saturated carbocycles. The molecule has 1 aliphatic rings. The molecule has 7 heteroatoms. The minimum Gasteiger partial charge on any atom is -0.493 e. The Labute approximate surface area is 183 Å². The molecule has 1 aromatic carbocycles. The van der Waals surface area contributed by atoms with E-state index in [0.717, 1.165) is 23.7 Å². The van der Waals surface area contributed by atoms with Gasteiger partial charge >= 0.3 is 0 Å². The molecule has 5 rings (SSSR count). The van der Waals surface area contributed by atoms with Gasteiger partial charge < -0.3 is 4.74 Å². The van der Waals surface area contributed by atoms with Gasteiger partial charge in [0, 0.05) is 39.7 Å². The summed E-state index contributed by atoms with van der Waals surface area (Å²) in [6.07, 6.45) is 7.39. The maximum atomic E-state index is 14.2. The molecule has 0 spiro atoms. The summed E-state index contributed by atoms with van der Waals surface area (Å²) in [5, 5.41) is 4.36. The molecule has 0 bridgehead atoms. The van der Waals surface area contributed by atoms with E-state index in [0.29, 0.717) is 11.1 Å². The van der Waals surface area contributed by atoms with Crippen LogP contribution in [0.1, 0.15) is 24.1 Å². The van der Waals surface area contributed by atoms with Gasteiger partial charge in [0.1, 0.15) is 5.82 Å². The molecule has 0 amide bonds. The van der Waals surface area contributed by atoms with Crippen molar-refractivity contribution in [1.29, 1.82) is 0 Å². The lowest BCUT2D eigenvalue weighted by atomic mass is 10.0. The van der Waals surface area contributed by atoms with E-state index in [1.165, 1.54) is 55.3 Å². The zero-order valence-corrected chi connectivity index (χ0v) is 18.1. The molecule has 4 nitrogen and oxygen atoms in total. The van der Waals surface area contributed by atoms with Crippen molar-refractivity contribution in [2.24, 2.45) is 0 Å². The van der Waals surface area contributed by atoms with Gasteiger partial charge in [-0.15, -0.1) is 11.3 Å². The van der Waals surface area contributed by atoms with Crippen molar-refractivity contribution < 1.29 is 13.5 Å². The van der Waals surface area contributed by atoms with Crippen LogP contribution in [-0.2, 0) is 6.54 Å². The first-order valence-corrected chi connectivity index (χ1v) is 11.3. The number of hydrogen-bond donors (Lipinski definition) is 0. The minimum atomic E-state index is -0.728. The average Bonchev–Trinajstić information content (AvgIpc) is 3.40. The molecule has 160 valence electrons. The number of halogens is 2. The van der Waals surface area contributed by atoms with E-state index >= 15 is 0 Å². The molecule has 3 aromatic heterocycles. The third-order valence-electron chi connectivity index (χ3n) is 5.80. The zero-order valence-electron chi connectivity index (χ0n) is 17.3. The Balaban J connectivity index is 1.50. The molecule has 0 radical (unpaired) electrons. The van der Waals surface area contributed by atoms with E-state index in [1.807, 2.05) is 18.3 Å². The van der Waals surface area contributed by atoms with Crippen LogP contribution in [0.2, 0.25) is 0 Å². The van der Waals surface area contributed by atoms with Crippen LogP contribution >= 0.6 is 11.3 Å². The predicted molar refractivity (Wildman–Crippen MR) is 120 cm³/mol. The highest BCUT2D eigenvalue weighted by molar-refractivity contribution is 7.15. The number of likely N-dealkylation sites (tertiary alicyclic amines) is 1. The highest BCUT2D eigenvalue weighted by Gasteiger charge is 2.18. The highest BCUT2D eigenvalue weighted by atomic mass is 32.1. The van der Waals surface area contributed by atoms with Crippen molar-refractivity contribution in [3.63, 3.8) is 0 Å². The number of rotatable bonds is 5. The summed E-state index contributed by atoms with van der Waals surface area (Å²) in [4.78, 5) is 5.03. The zero-order chi connectivity index (χ0) is 21.4. The summed E-state index contributed by atoms with van der Waals surface area (Å²) in [6.45, 7) is 3.33. The topological polar surface area (TPSA) is 29.8 Å². The van der Waals surface area contributed by atoms with Gasteiger partial charge in [-0.05, 0) is 61.8 Å². The van der Waals surface area contributed by atoms with Gasteiger partial charge in [0.2, 0.25) is 0 Å². The molecular formula is C24H23F2N3OS. The molecule has 31 heavy (non-hydrogen) atoms. The summed E-state index contributed by atoms with van der Waals surface area (Å²) < 4.78 is 35.1. The summed E-state index contributed by atoms with van der Waals surface area (Å²) in [5.74, 6) is -1.36. The van der Waals surface area contributed by atoms with Gasteiger partial charge in [0.05, 0.1) is 18.8 Å². The van der Waals surface area contributed by atoms with Gasteiger partial charge in [0.15, 0.2) is 11.6 Å². The maximum Gasteiger partial charge on any atom is 0.168 e. The summed E-state index contributed by atoms with van der Waals surface area (Å²) in [5.41, 5.74) is 2.80. The second kappa shape index (κ2) is 8.40. The predicted octanol–water partition coefficient (Wildman–Crippen LogP) is 6.00. The normalized spacial score (nSPS) is 14.9. The number of ether oxygens (including phenoxy) is 1. The second-order valence-electron chi connectivity index (χ2n) is 7.87. The Hall–Kier alpha value is -2.77. The number of thiophene rings is 1. The maximum absolute atomic E-state index is 14.2. The molecule has 4 aromatic rings. The third-order valence-corrected chi connectivity index (χ3v) is 6.92. The van der Waals surface area contributed by atoms with Gasteiger partial charge in [-0.1, -0.05) is 6.42 Å². The molecule has 0 unspecified atom stereocenters. The van der Waals surface area contributed by atoms with Crippen LogP contribution < -0.4 is 4.74 Å². The molecule has 1 saturated heterocycles. The van der Waals surface area contributed by atoms with Gasteiger partial charge in [-0.25, -0.2) is 13.3 Å². The van der Waals surface area contributed by atoms with Gasteiger partial charge in [-0.2, -0.15) is 5.10 Å². The average molecular weight is 440 g/mol. The minimum absolute atomic E-state index is 0.0154. The smallest absolute Gasteiger partial charge is 0.168 e. The third kappa shape index (κ3) is 3.95. The van der Waals surface area contributed by atoms with E-state index in [4.69, 9.17) is 4.74 Å². The van der Waals surface area contributed by atoms with E-state index < -0.39 is 11.6 Å². The van der Waals surface area contributed by atoms with E-state index in [-0.39, 0.29) is 5.75 Å². The Morgan fingerprint density at radius 3 is 2.68 bits per heavy atom. The fraction of sp³-hybridized carbons (Fsp3) is 0.292. The number of fused-ring (bicyclic) bond motifs is 1. The van der Waals surface area contributed by atoms with Crippen LogP contribution in [0, 0.1) is 11.6 Å². The van der Waals surface area contributed by atoms with E-state index in [2.05, 4.69) is 22.1 Å². The molecule has 1 aliphatic heterocycles. The van der Waals surface area contributed by atoms with Crippen LogP contribution in [0.15, 0.2) is 48.8 Å². The number of methoxy groups -OCH3 is 1. The first kappa shape index (κ1) is 20.2. The Kier molecular flexibility index (Phi) is 5.46. The van der Waals surface area contributed by atoms with E-state index in [1.54, 1.807) is 22.0 Å². The largest absolute Gasteiger partial charge is 0.493 e. The summed E-state index contributed by atoms with van der Waals surface area (Å²) in [7, 11) is 1.38. The number of hydrogen-bond acceptors (Lipinski definition) is 4. The molecule has 1 fully saturated rings. The summed E-state index contributed by atoms with van der Waals surface area (Å²) >= 11 is 1.79. The monoisotopic (exact) mass is 439 g/mol. The van der Waals surface area contributed by atoms with Crippen molar-refractivity contribution in [2.45, 2.75) is 25.8 Å². The first-order chi connectivity index (χ1) is 15.1. The van der Waals surface area contributed by atoms with Crippen molar-refractivity contribution in [2.75, 3.05) is 20.2 Å². The number of piperidine rings is 1. The SMILES string of the molecule is COc1c(F)cc(F)cc1-c1cnn2ccc(-c3ccc(CN4CCCCC4)s3)cc12. The second-order valence-corrected chi connectivity index (χ2v) is 9.04. The molecule has 0 atom stereocenters. The Bertz CT molecular complexity index is 1230. The lowest BCUT2D eigenvalue weighted by Crippen LogP contribution is -2.28. The lowest BCUT2D eigenvalue weighted by molar-refractivity contribution is 0.222. The van der Waals surface area contributed by atoms with Crippen molar-refractivity contribution in [1.82, 2.24) is 14.5 Å². The van der Waals surface area contributed by atoms with Crippen molar-refractivity contribution in [3.8, 4) is 27.3 Å². The van der Waals surface area contributed by atoms with Gasteiger partial charge in [-0.3, -0.25) is 4.90 Å². The summed E-state index contributed by atoms with van der Waals surface area (Å²) in [6, 6.07) is 10.5. The Morgan fingerprint density at radius 1 is 1.03 bits per heavy atom. The molecular weight excluding hydrogens is 416 g/mol. The number of aromatic nitrogens is 2. The van der Waals surface area contributed by atoms with Gasteiger partial charge in [0.25, 0.3) is 0 Å². The van der Waals surface area contributed by atoms with Crippen LogP contribution in [0.5, 0.6) is 5.75 Å². The lowest BCUT2D eigenvalue weighted by Gasteiger charge is -2.25. The number of pyridine rings is 1. The van der Waals surface area contributed by atoms with E-state index in [9.17, 15) is 8.78 Å². The molecule has 0 aliphatic carbocycles. The Morgan fingerprint density at radius 2 is 1.87 bits per heavy atom. The first-order valence-electron chi connectivity index (χ1n) is 10.4.